The minimum absolute atomic E-state index is 0.409. The minimum Gasteiger partial charge on any atom is -0.339 e. The first-order valence-corrected chi connectivity index (χ1v) is 7.27. The number of aromatic nitrogens is 2. The van der Waals surface area contributed by atoms with Gasteiger partial charge in [0, 0.05) is 12.0 Å². The third-order valence-electron chi connectivity index (χ3n) is 3.68. The Kier molecular flexibility index (Phi) is 4.90. The van der Waals surface area contributed by atoms with Gasteiger partial charge < -0.3 is 10.3 Å². The Labute approximate surface area is 120 Å². The van der Waals surface area contributed by atoms with Gasteiger partial charge in [0.05, 0.1) is 0 Å². The van der Waals surface area contributed by atoms with Crippen LogP contribution in [0.4, 0.5) is 0 Å². The van der Waals surface area contributed by atoms with Crippen molar-refractivity contribution in [2.24, 2.45) is 11.7 Å². The van der Waals surface area contributed by atoms with E-state index in [9.17, 15) is 0 Å². The first kappa shape index (κ1) is 14.7. The lowest BCUT2D eigenvalue weighted by molar-refractivity contribution is 0.350. The molecule has 1 aromatic carbocycles. The Morgan fingerprint density at radius 1 is 1.20 bits per heavy atom. The molecule has 0 saturated heterocycles. The van der Waals surface area contributed by atoms with Crippen LogP contribution >= 0.6 is 0 Å². The Morgan fingerprint density at radius 2 is 1.90 bits per heavy atom. The predicted octanol–water partition coefficient (Wildman–Crippen LogP) is 3.39. The molecule has 1 atom stereocenters. The smallest absolute Gasteiger partial charge is 0.227 e. The van der Waals surface area contributed by atoms with Crippen LogP contribution < -0.4 is 5.73 Å². The highest BCUT2D eigenvalue weighted by atomic mass is 16.5. The van der Waals surface area contributed by atoms with Gasteiger partial charge in [-0.1, -0.05) is 56.6 Å². The summed E-state index contributed by atoms with van der Waals surface area (Å²) >= 11 is 0. The highest BCUT2D eigenvalue weighted by Gasteiger charge is 2.13. The first-order chi connectivity index (χ1) is 9.63. The van der Waals surface area contributed by atoms with Crippen LogP contribution in [0.3, 0.4) is 0 Å². The van der Waals surface area contributed by atoms with E-state index in [1.807, 2.05) is 12.1 Å². The second kappa shape index (κ2) is 6.66. The van der Waals surface area contributed by atoms with E-state index in [1.54, 1.807) is 0 Å². The molecule has 2 N–H and O–H groups in total. The van der Waals surface area contributed by atoms with Gasteiger partial charge in [-0.15, -0.1) is 0 Å². The van der Waals surface area contributed by atoms with Crippen LogP contribution in [0.2, 0.25) is 0 Å². The number of hydrogen-bond donors (Lipinski definition) is 1. The van der Waals surface area contributed by atoms with Gasteiger partial charge in [0.1, 0.15) is 0 Å². The molecule has 0 amide bonds. The van der Waals surface area contributed by atoms with E-state index < -0.39 is 0 Å². The van der Waals surface area contributed by atoms with E-state index in [1.165, 1.54) is 5.56 Å². The molecular weight excluding hydrogens is 250 g/mol. The Morgan fingerprint density at radius 3 is 2.45 bits per heavy atom. The van der Waals surface area contributed by atoms with Crippen LogP contribution in [-0.2, 0) is 6.42 Å². The van der Waals surface area contributed by atoms with Crippen LogP contribution in [0.1, 0.15) is 44.6 Å². The lowest BCUT2D eigenvalue weighted by atomic mass is 10.0. The quantitative estimate of drug-likeness (QED) is 0.876. The van der Waals surface area contributed by atoms with Gasteiger partial charge in [0.2, 0.25) is 11.7 Å². The summed E-state index contributed by atoms with van der Waals surface area (Å²) < 4.78 is 5.31. The molecule has 0 bridgehead atoms. The van der Waals surface area contributed by atoms with Crippen LogP contribution in [-0.4, -0.2) is 16.7 Å². The third kappa shape index (κ3) is 3.45. The number of benzene rings is 1. The molecule has 4 nitrogen and oxygen atoms in total. The highest BCUT2D eigenvalue weighted by Crippen LogP contribution is 2.21. The van der Waals surface area contributed by atoms with Crippen molar-refractivity contribution in [3.8, 4) is 11.4 Å². The fourth-order valence-corrected chi connectivity index (χ4v) is 2.11. The van der Waals surface area contributed by atoms with Crippen molar-refractivity contribution in [3.05, 3.63) is 35.7 Å². The molecule has 1 unspecified atom stereocenters. The fraction of sp³-hybridized carbons (Fsp3) is 0.500. The van der Waals surface area contributed by atoms with E-state index in [4.69, 9.17) is 10.3 Å². The SMILES string of the molecule is CCC(CN)Cc1nc(-c2ccc(C(C)C)cc2)no1. The maximum Gasteiger partial charge on any atom is 0.227 e. The molecule has 0 aliphatic carbocycles. The number of hydrogen-bond acceptors (Lipinski definition) is 4. The summed E-state index contributed by atoms with van der Waals surface area (Å²) in [5, 5.41) is 4.06. The molecule has 0 saturated carbocycles. The Hall–Kier alpha value is -1.68. The predicted molar refractivity (Wildman–Crippen MR) is 80.4 cm³/mol. The molecule has 20 heavy (non-hydrogen) atoms. The van der Waals surface area contributed by atoms with Crippen molar-refractivity contribution in [2.75, 3.05) is 6.54 Å². The zero-order valence-electron chi connectivity index (χ0n) is 12.5. The van der Waals surface area contributed by atoms with Crippen LogP contribution in [0, 0.1) is 5.92 Å². The summed E-state index contributed by atoms with van der Waals surface area (Å²) in [4.78, 5) is 4.46. The number of rotatable bonds is 6. The third-order valence-corrected chi connectivity index (χ3v) is 3.68. The number of nitrogens with two attached hydrogens (primary N) is 1. The Bertz CT molecular complexity index is 527. The van der Waals surface area contributed by atoms with E-state index in [-0.39, 0.29) is 0 Å². The maximum absolute atomic E-state index is 5.70. The molecule has 4 heteroatoms. The zero-order valence-corrected chi connectivity index (χ0v) is 12.5. The molecule has 0 aliphatic heterocycles. The zero-order chi connectivity index (χ0) is 14.5. The second-order valence-corrected chi connectivity index (χ2v) is 5.50. The molecule has 2 rings (SSSR count). The van der Waals surface area contributed by atoms with Gasteiger partial charge in [-0.25, -0.2) is 0 Å². The van der Waals surface area contributed by atoms with Crippen molar-refractivity contribution in [1.29, 1.82) is 0 Å². The van der Waals surface area contributed by atoms with Gasteiger partial charge in [-0.05, 0) is 23.9 Å². The molecule has 1 aromatic heterocycles. The van der Waals surface area contributed by atoms with Crippen LogP contribution in [0.5, 0.6) is 0 Å². The molecule has 1 heterocycles. The highest BCUT2D eigenvalue weighted by molar-refractivity contribution is 5.54. The monoisotopic (exact) mass is 273 g/mol. The van der Waals surface area contributed by atoms with Gasteiger partial charge in [-0.3, -0.25) is 0 Å². The first-order valence-electron chi connectivity index (χ1n) is 7.27. The van der Waals surface area contributed by atoms with Crippen molar-refractivity contribution >= 4 is 0 Å². The van der Waals surface area contributed by atoms with Gasteiger partial charge in [-0.2, -0.15) is 4.98 Å². The van der Waals surface area contributed by atoms with Gasteiger partial charge >= 0.3 is 0 Å². The van der Waals surface area contributed by atoms with E-state index >= 15 is 0 Å². The minimum atomic E-state index is 0.409. The maximum atomic E-state index is 5.70. The van der Waals surface area contributed by atoms with E-state index in [0.29, 0.717) is 30.1 Å². The molecule has 0 radical (unpaired) electrons. The van der Waals surface area contributed by atoms with E-state index in [2.05, 4.69) is 43.0 Å². The summed E-state index contributed by atoms with van der Waals surface area (Å²) in [6.45, 7) is 7.13. The fourth-order valence-electron chi connectivity index (χ4n) is 2.11. The van der Waals surface area contributed by atoms with Crippen LogP contribution in [0.15, 0.2) is 28.8 Å². The van der Waals surface area contributed by atoms with Crippen molar-refractivity contribution < 1.29 is 4.52 Å². The summed E-state index contributed by atoms with van der Waals surface area (Å²) in [6, 6.07) is 8.32. The van der Waals surface area contributed by atoms with Crippen molar-refractivity contribution in [2.45, 2.75) is 39.5 Å². The topological polar surface area (TPSA) is 64.9 Å². The second-order valence-electron chi connectivity index (χ2n) is 5.50. The lowest BCUT2D eigenvalue weighted by Gasteiger charge is -2.07. The molecule has 0 aliphatic rings. The van der Waals surface area contributed by atoms with E-state index in [0.717, 1.165) is 18.4 Å². The summed E-state index contributed by atoms with van der Waals surface area (Å²) in [5.41, 5.74) is 8.01. The standard InChI is InChI=1S/C16H23N3O/c1-4-12(10-17)9-15-18-16(19-20-15)14-7-5-13(6-8-14)11(2)3/h5-8,11-12H,4,9-10,17H2,1-3H3. The van der Waals surface area contributed by atoms with Crippen molar-refractivity contribution in [3.63, 3.8) is 0 Å². The largest absolute Gasteiger partial charge is 0.339 e. The average molecular weight is 273 g/mol. The van der Waals surface area contributed by atoms with Crippen molar-refractivity contribution in [1.82, 2.24) is 10.1 Å². The van der Waals surface area contributed by atoms with Gasteiger partial charge in [0.25, 0.3) is 0 Å². The molecule has 0 fully saturated rings. The molecular formula is C16H23N3O. The Balaban J connectivity index is 2.12. The summed E-state index contributed by atoms with van der Waals surface area (Å²) in [6.07, 6.45) is 1.78. The summed E-state index contributed by atoms with van der Waals surface area (Å²) in [7, 11) is 0. The number of nitrogens with zero attached hydrogens (tertiary/aromatic N) is 2. The van der Waals surface area contributed by atoms with Gasteiger partial charge in [0.15, 0.2) is 0 Å². The normalized spacial score (nSPS) is 12.8. The lowest BCUT2D eigenvalue weighted by Crippen LogP contribution is -2.15. The average Bonchev–Trinajstić information content (AvgIpc) is 2.93. The molecule has 2 aromatic rings. The molecule has 108 valence electrons. The van der Waals surface area contributed by atoms with Crippen LogP contribution in [0.25, 0.3) is 11.4 Å². The molecule has 0 spiro atoms. The summed E-state index contributed by atoms with van der Waals surface area (Å²) in [5.74, 6) is 2.26.